The van der Waals surface area contributed by atoms with Crippen LogP contribution in [0.5, 0.6) is 0 Å². The zero-order valence-electron chi connectivity index (χ0n) is 27.6. The van der Waals surface area contributed by atoms with Gasteiger partial charge in [-0.3, -0.25) is 9.59 Å². The van der Waals surface area contributed by atoms with E-state index in [0.717, 1.165) is 91.8 Å². The Hall–Kier alpha value is -3.98. The summed E-state index contributed by atoms with van der Waals surface area (Å²) in [6, 6.07) is 16.2. The first kappa shape index (κ1) is 33.9. The fraction of sp³-hybridized carbons (Fsp3) is 0.471. The summed E-state index contributed by atoms with van der Waals surface area (Å²) in [7, 11) is 4.07. The monoisotopic (exact) mass is 688 g/mol. The van der Waals surface area contributed by atoms with E-state index in [4.69, 9.17) is 0 Å². The SMILES string of the molecule is CNCCNc1cccc(CC(=O)Nc2nnc([C@H]3CCC[C@H](c4nnc(NC(=O)Cc5cccc(N6CCN(C)CC6)c5)s4)C3)s2)c1. The number of likely N-dealkylation sites (N-methyl/N-ethyl adjacent to an activating group) is 2. The van der Waals surface area contributed by atoms with Crippen LogP contribution in [0, 0.1) is 0 Å². The largest absolute Gasteiger partial charge is 0.384 e. The smallest absolute Gasteiger partial charge is 0.230 e. The summed E-state index contributed by atoms with van der Waals surface area (Å²) in [5.41, 5.74) is 4.08. The fourth-order valence-corrected chi connectivity index (χ4v) is 8.10. The van der Waals surface area contributed by atoms with Crippen molar-refractivity contribution >= 4 is 56.1 Å². The Balaban J connectivity index is 0.986. The first-order valence-corrected chi connectivity index (χ1v) is 18.3. The maximum atomic E-state index is 12.9. The number of benzene rings is 2. The first-order chi connectivity index (χ1) is 23.4. The fourth-order valence-electron chi connectivity index (χ4n) is 6.29. The van der Waals surface area contributed by atoms with E-state index in [1.807, 2.05) is 43.4 Å². The molecule has 2 fully saturated rings. The highest BCUT2D eigenvalue weighted by Crippen LogP contribution is 2.43. The Kier molecular flexibility index (Phi) is 11.6. The van der Waals surface area contributed by atoms with E-state index in [2.05, 4.69) is 70.6 Å². The highest BCUT2D eigenvalue weighted by Gasteiger charge is 2.29. The zero-order valence-corrected chi connectivity index (χ0v) is 29.2. The van der Waals surface area contributed by atoms with E-state index in [1.54, 1.807) is 0 Å². The van der Waals surface area contributed by atoms with Crippen molar-refractivity contribution in [2.75, 3.05) is 74.2 Å². The molecule has 1 saturated heterocycles. The lowest BCUT2D eigenvalue weighted by molar-refractivity contribution is -0.116. The van der Waals surface area contributed by atoms with Gasteiger partial charge in [0.2, 0.25) is 22.1 Å². The highest BCUT2D eigenvalue weighted by atomic mass is 32.1. The lowest BCUT2D eigenvalue weighted by atomic mass is 9.82. The van der Waals surface area contributed by atoms with Crippen LogP contribution < -0.4 is 26.2 Å². The van der Waals surface area contributed by atoms with Crippen molar-refractivity contribution in [3.05, 3.63) is 69.7 Å². The van der Waals surface area contributed by atoms with E-state index < -0.39 is 0 Å². The van der Waals surface area contributed by atoms with Crippen LogP contribution in [-0.4, -0.2) is 90.5 Å². The quantitative estimate of drug-likeness (QED) is 0.148. The second kappa shape index (κ2) is 16.4. The van der Waals surface area contributed by atoms with Crippen LogP contribution in [0.3, 0.4) is 0 Å². The molecule has 14 heteroatoms. The third-order valence-corrected chi connectivity index (χ3v) is 10.9. The molecule has 2 aromatic heterocycles. The van der Waals surface area contributed by atoms with Crippen molar-refractivity contribution in [3.8, 4) is 0 Å². The first-order valence-electron chi connectivity index (χ1n) is 16.7. The van der Waals surface area contributed by atoms with Gasteiger partial charge in [-0.1, -0.05) is 53.4 Å². The predicted octanol–water partition coefficient (Wildman–Crippen LogP) is 4.58. The topological polar surface area (TPSA) is 140 Å². The lowest BCUT2D eigenvalue weighted by Crippen LogP contribution is -2.44. The average molecular weight is 689 g/mol. The molecule has 2 aliphatic rings. The van der Waals surface area contributed by atoms with Crippen LogP contribution in [-0.2, 0) is 22.4 Å². The summed E-state index contributed by atoms with van der Waals surface area (Å²) in [5, 5.41) is 32.8. The Morgan fingerprint density at radius 1 is 0.792 bits per heavy atom. The molecular formula is C34H44N10O2S2. The predicted molar refractivity (Wildman–Crippen MR) is 193 cm³/mol. The van der Waals surface area contributed by atoms with E-state index in [1.165, 1.54) is 28.4 Å². The molecule has 1 aliphatic carbocycles. The van der Waals surface area contributed by atoms with E-state index in [0.29, 0.717) is 16.7 Å². The van der Waals surface area contributed by atoms with Gasteiger partial charge < -0.3 is 31.1 Å². The molecule has 0 radical (unpaired) electrons. The number of rotatable bonds is 13. The van der Waals surface area contributed by atoms with Gasteiger partial charge >= 0.3 is 0 Å². The molecule has 2 aromatic carbocycles. The Morgan fingerprint density at radius 2 is 1.40 bits per heavy atom. The summed E-state index contributed by atoms with van der Waals surface area (Å²) in [6.45, 7) is 5.73. The number of aromatic nitrogens is 4. The summed E-state index contributed by atoms with van der Waals surface area (Å²) >= 11 is 2.91. The molecule has 4 aromatic rings. The van der Waals surface area contributed by atoms with Crippen molar-refractivity contribution < 1.29 is 9.59 Å². The molecule has 3 heterocycles. The molecule has 12 nitrogen and oxygen atoms in total. The Morgan fingerprint density at radius 3 is 2.02 bits per heavy atom. The van der Waals surface area contributed by atoms with Crippen LogP contribution >= 0.6 is 22.7 Å². The molecule has 6 rings (SSSR count). The van der Waals surface area contributed by atoms with Crippen molar-refractivity contribution in [3.63, 3.8) is 0 Å². The van der Waals surface area contributed by atoms with Crippen molar-refractivity contribution in [2.45, 2.75) is 50.4 Å². The standard InChI is InChI=1S/C34H44N10O2S2/c1-35-12-13-36-27-10-3-6-23(18-27)20-29(45)37-33-41-39-31(47-33)25-8-5-9-26(22-25)32-40-42-34(48-32)38-30(46)21-24-7-4-11-28(19-24)44-16-14-43(2)15-17-44/h3-4,6-7,10-11,18-19,25-26,35-36H,5,8-9,12-17,20-22H2,1-2H3,(H,37,41,45)(H,38,42,46)/t25-,26-/m0/s1. The van der Waals surface area contributed by atoms with Gasteiger partial charge in [-0.15, -0.1) is 20.4 Å². The third-order valence-electron chi connectivity index (χ3n) is 8.89. The van der Waals surface area contributed by atoms with E-state index in [-0.39, 0.29) is 30.1 Å². The number of anilines is 4. The molecule has 2 amide bonds. The normalized spacial score (nSPS) is 18.4. The molecular weight excluding hydrogens is 645 g/mol. The third kappa shape index (κ3) is 9.34. The van der Waals surface area contributed by atoms with Gasteiger partial charge in [-0.25, -0.2) is 0 Å². The van der Waals surface area contributed by atoms with E-state index in [9.17, 15) is 9.59 Å². The number of amides is 2. The lowest BCUT2D eigenvalue weighted by Gasteiger charge is -2.34. The number of carbonyl (C=O) groups is 2. The van der Waals surface area contributed by atoms with Crippen molar-refractivity contribution in [1.29, 1.82) is 0 Å². The molecule has 0 unspecified atom stereocenters. The van der Waals surface area contributed by atoms with Gasteiger partial charge in [0.1, 0.15) is 10.0 Å². The highest BCUT2D eigenvalue weighted by molar-refractivity contribution is 7.15. The summed E-state index contributed by atoms with van der Waals surface area (Å²) in [4.78, 5) is 30.4. The number of nitrogens with zero attached hydrogens (tertiary/aromatic N) is 6. The molecule has 48 heavy (non-hydrogen) atoms. The van der Waals surface area contributed by atoms with Crippen LogP contribution in [0.1, 0.15) is 58.7 Å². The molecule has 2 atom stereocenters. The van der Waals surface area contributed by atoms with Gasteiger partial charge in [-0.2, -0.15) is 0 Å². The van der Waals surface area contributed by atoms with E-state index >= 15 is 0 Å². The summed E-state index contributed by atoms with van der Waals surface area (Å²) in [5.74, 6) is 0.273. The number of nitrogens with one attached hydrogen (secondary N) is 4. The van der Waals surface area contributed by atoms with Crippen LogP contribution in [0.15, 0.2) is 48.5 Å². The molecule has 1 saturated carbocycles. The molecule has 0 bridgehead atoms. The Bertz CT molecular complexity index is 1670. The number of hydrogen-bond acceptors (Lipinski definition) is 12. The van der Waals surface area contributed by atoms with Crippen LogP contribution in [0.25, 0.3) is 0 Å². The summed E-state index contributed by atoms with van der Waals surface area (Å²) < 4.78 is 0. The minimum absolute atomic E-state index is 0.0907. The van der Waals surface area contributed by atoms with Gasteiger partial charge in [0.15, 0.2) is 0 Å². The summed E-state index contributed by atoms with van der Waals surface area (Å²) in [6.07, 6.45) is 4.52. The van der Waals surface area contributed by atoms with Gasteiger partial charge in [-0.05, 0) is 68.8 Å². The number of piperazine rings is 1. The van der Waals surface area contributed by atoms with Gasteiger partial charge in [0, 0.05) is 62.5 Å². The maximum Gasteiger partial charge on any atom is 0.230 e. The minimum atomic E-state index is -0.113. The molecule has 4 N–H and O–H groups in total. The number of carbonyl (C=O) groups excluding carboxylic acids is 2. The second-order valence-corrected chi connectivity index (χ2v) is 14.6. The molecule has 1 aliphatic heterocycles. The second-order valence-electron chi connectivity index (χ2n) is 12.6. The minimum Gasteiger partial charge on any atom is -0.384 e. The number of hydrogen-bond donors (Lipinski definition) is 4. The average Bonchev–Trinajstić information content (AvgIpc) is 3.75. The zero-order chi connectivity index (χ0) is 33.3. The maximum absolute atomic E-state index is 12.9. The van der Waals surface area contributed by atoms with Crippen LogP contribution in [0.2, 0.25) is 0 Å². The Labute approximate surface area is 289 Å². The van der Waals surface area contributed by atoms with Crippen molar-refractivity contribution in [2.24, 2.45) is 0 Å². The van der Waals surface area contributed by atoms with Crippen molar-refractivity contribution in [1.82, 2.24) is 30.6 Å². The van der Waals surface area contributed by atoms with Gasteiger partial charge in [0.25, 0.3) is 0 Å². The molecule has 0 spiro atoms. The molecule has 254 valence electrons. The van der Waals surface area contributed by atoms with Crippen LogP contribution in [0.4, 0.5) is 21.6 Å². The van der Waals surface area contributed by atoms with Gasteiger partial charge in [0.05, 0.1) is 12.8 Å².